The van der Waals surface area contributed by atoms with E-state index < -0.39 is 0 Å². The molecule has 0 unspecified atom stereocenters. The first kappa shape index (κ1) is 10.5. The molecule has 1 aromatic heterocycles. The van der Waals surface area contributed by atoms with Crippen molar-refractivity contribution in [3.63, 3.8) is 0 Å². The zero-order chi connectivity index (χ0) is 10.7. The molecule has 0 radical (unpaired) electrons. The maximum atomic E-state index is 5.98. The van der Waals surface area contributed by atoms with Gasteiger partial charge in [0.25, 0.3) is 0 Å². The number of oxazole rings is 1. The van der Waals surface area contributed by atoms with Gasteiger partial charge in [-0.2, -0.15) is 0 Å². The Balaban J connectivity index is 2.20. The lowest BCUT2D eigenvalue weighted by molar-refractivity contribution is 0.515. The highest BCUT2D eigenvalue weighted by Gasteiger charge is 2.07. The van der Waals surface area contributed by atoms with Crippen LogP contribution < -0.4 is 5.73 Å². The zero-order valence-electron chi connectivity index (χ0n) is 8.37. The highest BCUT2D eigenvalue weighted by molar-refractivity contribution is 6.34. The Hall–Kier alpha value is -1.06. The molecule has 0 aliphatic heterocycles. The van der Waals surface area contributed by atoms with E-state index in [2.05, 4.69) is 4.98 Å². The average Bonchev–Trinajstić information content (AvgIpc) is 2.63. The fourth-order valence-electron chi connectivity index (χ4n) is 1.49. The van der Waals surface area contributed by atoms with Crippen LogP contribution in [-0.2, 0) is 6.42 Å². The van der Waals surface area contributed by atoms with Crippen LogP contribution in [0, 0.1) is 0 Å². The molecule has 0 saturated carbocycles. The second-order valence-corrected chi connectivity index (χ2v) is 3.85. The molecule has 4 heteroatoms. The van der Waals surface area contributed by atoms with E-state index in [-0.39, 0.29) is 0 Å². The number of aryl methyl sites for hydroxylation is 1. The highest BCUT2D eigenvalue weighted by Crippen LogP contribution is 2.24. The molecule has 1 aromatic carbocycles. The predicted molar refractivity (Wildman–Crippen MR) is 61.0 cm³/mol. The van der Waals surface area contributed by atoms with E-state index in [0.717, 1.165) is 30.7 Å². The van der Waals surface area contributed by atoms with Crippen molar-refractivity contribution >= 4 is 22.7 Å². The van der Waals surface area contributed by atoms with Crippen molar-refractivity contribution in [2.75, 3.05) is 6.54 Å². The molecule has 1 heterocycles. The van der Waals surface area contributed by atoms with Crippen LogP contribution in [0.5, 0.6) is 0 Å². The zero-order valence-corrected chi connectivity index (χ0v) is 9.13. The van der Waals surface area contributed by atoms with Gasteiger partial charge in [0.05, 0.1) is 5.02 Å². The first-order chi connectivity index (χ1) is 7.31. The van der Waals surface area contributed by atoms with Crippen molar-refractivity contribution in [3.05, 3.63) is 29.1 Å². The number of hydrogen-bond acceptors (Lipinski definition) is 3. The summed E-state index contributed by atoms with van der Waals surface area (Å²) in [6, 6.07) is 5.58. The molecule has 0 aliphatic rings. The lowest BCUT2D eigenvalue weighted by Gasteiger charge is -1.92. The van der Waals surface area contributed by atoms with E-state index in [0.29, 0.717) is 17.2 Å². The second-order valence-electron chi connectivity index (χ2n) is 3.44. The number of unbranched alkanes of at least 4 members (excludes halogenated alkanes) is 1. The van der Waals surface area contributed by atoms with Crippen molar-refractivity contribution in [1.29, 1.82) is 0 Å². The quantitative estimate of drug-likeness (QED) is 0.813. The first-order valence-electron chi connectivity index (χ1n) is 5.05. The number of benzene rings is 1. The molecule has 0 amide bonds. The van der Waals surface area contributed by atoms with Gasteiger partial charge >= 0.3 is 0 Å². The maximum absolute atomic E-state index is 5.98. The van der Waals surface area contributed by atoms with Gasteiger partial charge in [-0.05, 0) is 31.5 Å². The Morgan fingerprint density at radius 3 is 2.93 bits per heavy atom. The van der Waals surface area contributed by atoms with Crippen LogP contribution in [-0.4, -0.2) is 11.5 Å². The van der Waals surface area contributed by atoms with Gasteiger partial charge in [0.1, 0.15) is 5.52 Å². The van der Waals surface area contributed by atoms with Gasteiger partial charge in [-0.25, -0.2) is 4.98 Å². The molecule has 2 N–H and O–H groups in total. The van der Waals surface area contributed by atoms with E-state index in [1.807, 2.05) is 12.1 Å². The molecular formula is C11H13ClN2O. The van der Waals surface area contributed by atoms with Crippen LogP contribution in [0.25, 0.3) is 11.1 Å². The number of hydrogen-bond donors (Lipinski definition) is 1. The molecule has 0 saturated heterocycles. The van der Waals surface area contributed by atoms with Crippen LogP contribution in [0.15, 0.2) is 22.6 Å². The van der Waals surface area contributed by atoms with Crippen LogP contribution >= 0.6 is 11.6 Å². The van der Waals surface area contributed by atoms with Gasteiger partial charge < -0.3 is 10.2 Å². The standard InChI is InChI=1S/C11H13ClN2O/c12-8-4-3-5-9-11(8)15-10(14-9)6-1-2-7-13/h3-5H,1-2,6-7,13H2. The average molecular weight is 225 g/mol. The van der Waals surface area contributed by atoms with E-state index in [9.17, 15) is 0 Å². The summed E-state index contributed by atoms with van der Waals surface area (Å²) in [4.78, 5) is 4.35. The minimum absolute atomic E-state index is 0.616. The molecular weight excluding hydrogens is 212 g/mol. The molecule has 0 bridgehead atoms. The van der Waals surface area contributed by atoms with E-state index in [4.69, 9.17) is 21.8 Å². The molecule has 0 fully saturated rings. The van der Waals surface area contributed by atoms with Crippen molar-refractivity contribution in [2.24, 2.45) is 5.73 Å². The summed E-state index contributed by atoms with van der Waals surface area (Å²) >= 11 is 5.98. The molecule has 3 nitrogen and oxygen atoms in total. The summed E-state index contributed by atoms with van der Waals surface area (Å²) in [5, 5.41) is 0.616. The van der Waals surface area contributed by atoms with Crippen molar-refractivity contribution in [3.8, 4) is 0 Å². The largest absolute Gasteiger partial charge is 0.439 e. The minimum Gasteiger partial charge on any atom is -0.439 e. The fourth-order valence-corrected chi connectivity index (χ4v) is 1.70. The monoisotopic (exact) mass is 224 g/mol. The normalized spacial score (nSPS) is 11.1. The molecule has 80 valence electrons. The van der Waals surface area contributed by atoms with Crippen LogP contribution in [0.1, 0.15) is 18.7 Å². The van der Waals surface area contributed by atoms with Gasteiger partial charge in [0.15, 0.2) is 11.5 Å². The van der Waals surface area contributed by atoms with Crippen molar-refractivity contribution < 1.29 is 4.42 Å². The van der Waals surface area contributed by atoms with Gasteiger partial charge in [0.2, 0.25) is 0 Å². The Bertz CT molecular complexity index is 453. The summed E-state index contributed by atoms with van der Waals surface area (Å²) < 4.78 is 5.56. The van der Waals surface area contributed by atoms with Crippen molar-refractivity contribution in [2.45, 2.75) is 19.3 Å². The number of fused-ring (bicyclic) bond motifs is 1. The maximum Gasteiger partial charge on any atom is 0.195 e. The number of nitrogens with zero attached hydrogens (tertiary/aromatic N) is 1. The third-order valence-corrected chi connectivity index (χ3v) is 2.55. The second kappa shape index (κ2) is 4.64. The Kier molecular flexibility index (Phi) is 3.23. The number of halogens is 1. The summed E-state index contributed by atoms with van der Waals surface area (Å²) in [7, 11) is 0. The molecule has 0 aliphatic carbocycles. The third kappa shape index (κ3) is 2.30. The van der Waals surface area contributed by atoms with Crippen molar-refractivity contribution in [1.82, 2.24) is 4.98 Å². The summed E-state index contributed by atoms with van der Waals surface area (Å²) in [5.41, 5.74) is 6.93. The van der Waals surface area contributed by atoms with Crippen LogP contribution in [0.2, 0.25) is 5.02 Å². The lowest BCUT2D eigenvalue weighted by atomic mass is 10.2. The van der Waals surface area contributed by atoms with E-state index in [1.165, 1.54) is 0 Å². The van der Waals surface area contributed by atoms with Gasteiger partial charge in [-0.15, -0.1) is 0 Å². The third-order valence-electron chi connectivity index (χ3n) is 2.26. The van der Waals surface area contributed by atoms with Crippen LogP contribution in [0.3, 0.4) is 0 Å². The lowest BCUT2D eigenvalue weighted by Crippen LogP contribution is -1.98. The fraction of sp³-hybridized carbons (Fsp3) is 0.364. The Morgan fingerprint density at radius 2 is 2.20 bits per heavy atom. The van der Waals surface area contributed by atoms with Gasteiger partial charge in [0, 0.05) is 6.42 Å². The molecule has 2 rings (SSSR count). The number of nitrogens with two attached hydrogens (primary N) is 1. The molecule has 0 atom stereocenters. The summed E-state index contributed by atoms with van der Waals surface area (Å²) in [6.07, 6.45) is 2.82. The molecule has 15 heavy (non-hydrogen) atoms. The van der Waals surface area contributed by atoms with Gasteiger partial charge in [-0.3, -0.25) is 0 Å². The topological polar surface area (TPSA) is 52.0 Å². The molecule has 2 aromatic rings. The van der Waals surface area contributed by atoms with E-state index >= 15 is 0 Å². The highest BCUT2D eigenvalue weighted by atomic mass is 35.5. The Morgan fingerprint density at radius 1 is 1.33 bits per heavy atom. The Labute approximate surface area is 93.2 Å². The SMILES string of the molecule is NCCCCc1nc2cccc(Cl)c2o1. The first-order valence-corrected chi connectivity index (χ1v) is 5.43. The predicted octanol–water partition coefficient (Wildman–Crippen LogP) is 2.76. The van der Waals surface area contributed by atoms with E-state index in [1.54, 1.807) is 6.07 Å². The molecule has 0 spiro atoms. The number of aromatic nitrogens is 1. The summed E-state index contributed by atoms with van der Waals surface area (Å²) in [5.74, 6) is 0.742. The smallest absolute Gasteiger partial charge is 0.195 e. The summed E-state index contributed by atoms with van der Waals surface area (Å²) in [6.45, 7) is 0.709. The minimum atomic E-state index is 0.616. The number of para-hydroxylation sites is 1. The van der Waals surface area contributed by atoms with Gasteiger partial charge in [-0.1, -0.05) is 17.7 Å². The number of rotatable bonds is 4. The van der Waals surface area contributed by atoms with Crippen LogP contribution in [0.4, 0.5) is 0 Å².